The molecule has 2 rings (SSSR count). The van der Waals surface area contributed by atoms with Crippen molar-refractivity contribution in [1.82, 2.24) is 0 Å². The van der Waals surface area contributed by atoms with E-state index in [9.17, 15) is 4.79 Å². The second-order valence-corrected chi connectivity index (χ2v) is 4.54. The van der Waals surface area contributed by atoms with Gasteiger partial charge in [0.2, 0.25) is 0 Å². The van der Waals surface area contributed by atoms with Crippen molar-refractivity contribution in [2.45, 2.75) is 26.2 Å². The van der Waals surface area contributed by atoms with Crippen molar-refractivity contribution in [3.05, 3.63) is 23.8 Å². The Morgan fingerprint density at radius 3 is 2.44 bits per heavy atom. The van der Waals surface area contributed by atoms with Crippen LogP contribution in [0.5, 0.6) is 11.5 Å². The normalized spacial score (nSPS) is 14.7. The number of ether oxygens (including phenoxy) is 2. The summed E-state index contributed by atoms with van der Waals surface area (Å²) in [5.41, 5.74) is 0.486. The summed E-state index contributed by atoms with van der Waals surface area (Å²) in [7, 11) is 0. The van der Waals surface area contributed by atoms with Crippen LogP contribution in [0.25, 0.3) is 0 Å². The molecule has 1 heterocycles. The first-order chi connectivity index (χ1) is 7.51. The van der Waals surface area contributed by atoms with Gasteiger partial charge in [-0.2, -0.15) is 0 Å². The lowest BCUT2D eigenvalue weighted by atomic mass is 9.81. The van der Waals surface area contributed by atoms with Crippen LogP contribution in [-0.2, 0) is 10.2 Å². The lowest BCUT2D eigenvalue weighted by molar-refractivity contribution is -0.121. The van der Waals surface area contributed by atoms with Crippen LogP contribution in [0.15, 0.2) is 18.2 Å². The first-order valence-corrected chi connectivity index (χ1v) is 5.43. The number of carbonyl (C=O) groups excluding carboxylic acids is 1. The second kappa shape index (κ2) is 3.81. The first kappa shape index (κ1) is 11.0. The Balaban J connectivity index is 2.40. The van der Waals surface area contributed by atoms with Gasteiger partial charge in [0.05, 0.1) is 0 Å². The molecule has 0 bridgehead atoms. The quantitative estimate of drug-likeness (QED) is 0.767. The zero-order valence-electron chi connectivity index (χ0n) is 9.87. The molecule has 86 valence electrons. The number of carbonyl (C=O) groups is 1. The molecular weight excluding hydrogens is 204 g/mol. The largest absolute Gasteiger partial charge is 0.486 e. The maximum Gasteiger partial charge on any atom is 0.161 e. The van der Waals surface area contributed by atoms with E-state index < -0.39 is 5.41 Å². The maximum absolute atomic E-state index is 11.6. The third-order valence-electron chi connectivity index (χ3n) is 3.14. The Kier molecular flexibility index (Phi) is 2.62. The van der Waals surface area contributed by atoms with Gasteiger partial charge in [-0.25, -0.2) is 0 Å². The summed E-state index contributed by atoms with van der Waals surface area (Å²) in [6.07, 6.45) is 0. The standard InChI is InChI=1S/C13H16O3/c1-9(14)13(2,3)10-4-5-11-12(8-10)16-7-6-15-11/h4-5,8H,6-7H2,1-3H3. The van der Waals surface area contributed by atoms with Crippen LogP contribution in [0.2, 0.25) is 0 Å². The van der Waals surface area contributed by atoms with E-state index in [0.717, 1.165) is 17.1 Å². The highest BCUT2D eigenvalue weighted by molar-refractivity contribution is 5.87. The van der Waals surface area contributed by atoms with Crippen molar-refractivity contribution in [3.8, 4) is 11.5 Å². The van der Waals surface area contributed by atoms with Crippen molar-refractivity contribution in [2.75, 3.05) is 13.2 Å². The minimum atomic E-state index is -0.476. The van der Waals surface area contributed by atoms with Gasteiger partial charge >= 0.3 is 0 Å². The Bertz CT molecular complexity index is 421. The fourth-order valence-electron chi connectivity index (χ4n) is 1.64. The Morgan fingerprint density at radius 1 is 1.19 bits per heavy atom. The van der Waals surface area contributed by atoms with Crippen LogP contribution >= 0.6 is 0 Å². The highest BCUT2D eigenvalue weighted by Gasteiger charge is 2.27. The molecule has 1 aromatic carbocycles. The summed E-state index contributed by atoms with van der Waals surface area (Å²) in [5, 5.41) is 0. The molecule has 0 aliphatic carbocycles. The van der Waals surface area contributed by atoms with Gasteiger partial charge in [0.1, 0.15) is 19.0 Å². The number of hydrogen-bond acceptors (Lipinski definition) is 3. The van der Waals surface area contributed by atoms with Gasteiger partial charge in [0.25, 0.3) is 0 Å². The molecule has 3 nitrogen and oxygen atoms in total. The summed E-state index contributed by atoms with van der Waals surface area (Å²) < 4.78 is 10.9. The molecule has 1 aromatic rings. The zero-order valence-corrected chi connectivity index (χ0v) is 9.87. The second-order valence-electron chi connectivity index (χ2n) is 4.54. The van der Waals surface area contributed by atoms with Crippen molar-refractivity contribution in [1.29, 1.82) is 0 Å². The Morgan fingerprint density at radius 2 is 1.81 bits per heavy atom. The topological polar surface area (TPSA) is 35.5 Å². The average molecular weight is 220 g/mol. The van der Waals surface area contributed by atoms with Gasteiger partial charge in [0.15, 0.2) is 11.5 Å². The number of hydrogen-bond donors (Lipinski definition) is 0. The lowest BCUT2D eigenvalue weighted by Crippen LogP contribution is -2.26. The number of benzene rings is 1. The van der Waals surface area contributed by atoms with E-state index in [2.05, 4.69) is 0 Å². The summed E-state index contributed by atoms with van der Waals surface area (Å²) in [6, 6.07) is 5.69. The lowest BCUT2D eigenvalue weighted by Gasteiger charge is -2.25. The third kappa shape index (κ3) is 1.77. The van der Waals surface area contributed by atoms with Crippen LogP contribution in [0, 0.1) is 0 Å². The average Bonchev–Trinajstić information content (AvgIpc) is 2.28. The molecular formula is C13H16O3. The van der Waals surface area contributed by atoms with Gasteiger partial charge < -0.3 is 9.47 Å². The predicted octanol–water partition coefficient (Wildman–Crippen LogP) is 2.32. The minimum Gasteiger partial charge on any atom is -0.486 e. The van der Waals surface area contributed by atoms with Crippen LogP contribution in [-0.4, -0.2) is 19.0 Å². The molecule has 1 aliphatic heterocycles. The summed E-state index contributed by atoms with van der Waals surface area (Å²) in [5.74, 6) is 1.64. The molecule has 3 heteroatoms. The monoisotopic (exact) mass is 220 g/mol. The summed E-state index contributed by atoms with van der Waals surface area (Å²) in [4.78, 5) is 11.6. The van der Waals surface area contributed by atoms with Crippen molar-refractivity contribution < 1.29 is 14.3 Å². The van der Waals surface area contributed by atoms with E-state index >= 15 is 0 Å². The van der Waals surface area contributed by atoms with E-state index in [1.54, 1.807) is 6.92 Å². The number of ketones is 1. The third-order valence-corrected chi connectivity index (χ3v) is 3.14. The molecule has 0 fully saturated rings. The van der Waals surface area contributed by atoms with E-state index in [4.69, 9.17) is 9.47 Å². The number of Topliss-reactive ketones (excluding diaryl/α,β-unsaturated/α-hetero) is 1. The van der Waals surface area contributed by atoms with E-state index in [0.29, 0.717) is 13.2 Å². The van der Waals surface area contributed by atoms with Crippen molar-refractivity contribution in [2.24, 2.45) is 0 Å². The van der Waals surface area contributed by atoms with Gasteiger partial charge in [-0.1, -0.05) is 6.07 Å². The van der Waals surface area contributed by atoms with Crippen molar-refractivity contribution >= 4 is 5.78 Å². The van der Waals surface area contributed by atoms with E-state index in [1.165, 1.54) is 0 Å². The molecule has 0 saturated carbocycles. The van der Waals surface area contributed by atoms with Crippen LogP contribution in [0.4, 0.5) is 0 Å². The molecule has 16 heavy (non-hydrogen) atoms. The van der Waals surface area contributed by atoms with Crippen LogP contribution < -0.4 is 9.47 Å². The number of fused-ring (bicyclic) bond motifs is 1. The fraction of sp³-hybridized carbons (Fsp3) is 0.462. The minimum absolute atomic E-state index is 0.143. The van der Waals surface area contributed by atoms with Gasteiger partial charge in [-0.05, 0) is 38.5 Å². The smallest absolute Gasteiger partial charge is 0.161 e. The van der Waals surface area contributed by atoms with Crippen LogP contribution in [0.3, 0.4) is 0 Å². The molecule has 0 radical (unpaired) electrons. The highest BCUT2D eigenvalue weighted by Crippen LogP contribution is 2.35. The molecule has 0 atom stereocenters. The van der Waals surface area contributed by atoms with E-state index in [1.807, 2.05) is 32.0 Å². The molecule has 0 amide bonds. The Hall–Kier alpha value is -1.51. The maximum atomic E-state index is 11.6. The summed E-state index contributed by atoms with van der Waals surface area (Å²) in [6.45, 7) is 6.59. The highest BCUT2D eigenvalue weighted by atomic mass is 16.6. The fourth-order valence-corrected chi connectivity index (χ4v) is 1.64. The van der Waals surface area contributed by atoms with Crippen LogP contribution in [0.1, 0.15) is 26.3 Å². The predicted molar refractivity (Wildman–Crippen MR) is 61.1 cm³/mol. The molecule has 0 N–H and O–H groups in total. The van der Waals surface area contributed by atoms with Gasteiger partial charge in [-0.3, -0.25) is 4.79 Å². The SMILES string of the molecule is CC(=O)C(C)(C)c1ccc2c(c1)OCCO2. The van der Waals surface area contributed by atoms with Gasteiger partial charge in [0, 0.05) is 5.41 Å². The summed E-state index contributed by atoms with van der Waals surface area (Å²) >= 11 is 0. The molecule has 0 unspecified atom stereocenters. The van der Waals surface area contributed by atoms with Gasteiger partial charge in [-0.15, -0.1) is 0 Å². The zero-order chi connectivity index (χ0) is 11.8. The number of rotatable bonds is 2. The molecule has 0 saturated heterocycles. The van der Waals surface area contributed by atoms with E-state index in [-0.39, 0.29) is 5.78 Å². The Labute approximate surface area is 95.4 Å². The first-order valence-electron chi connectivity index (χ1n) is 5.43. The molecule has 0 spiro atoms. The molecule has 1 aliphatic rings. The van der Waals surface area contributed by atoms with Crippen molar-refractivity contribution in [3.63, 3.8) is 0 Å². The molecule has 0 aromatic heterocycles.